The minimum atomic E-state index is -0.924. The fraction of sp³-hybridized carbons (Fsp3) is 0.500. The van der Waals surface area contributed by atoms with Crippen LogP contribution in [0, 0.1) is 17.0 Å². The number of hydrogen-bond acceptors (Lipinski definition) is 8. The third-order valence-electron chi connectivity index (χ3n) is 10.5. The van der Waals surface area contributed by atoms with Crippen LogP contribution in [0.2, 0.25) is 0 Å². The lowest BCUT2D eigenvalue weighted by Crippen LogP contribution is -2.45. The Morgan fingerprint density at radius 2 is 1.93 bits per heavy atom. The van der Waals surface area contributed by atoms with Gasteiger partial charge in [0.2, 0.25) is 0 Å². The van der Waals surface area contributed by atoms with Gasteiger partial charge >= 0.3 is 6.01 Å². The molecule has 1 spiro atoms. The molecule has 8 rings (SSSR count). The van der Waals surface area contributed by atoms with Crippen LogP contribution in [0.1, 0.15) is 51.0 Å². The summed E-state index contributed by atoms with van der Waals surface area (Å²) in [5.41, 5.74) is 0.122. The van der Waals surface area contributed by atoms with Crippen LogP contribution in [0.5, 0.6) is 11.8 Å². The Morgan fingerprint density at radius 3 is 2.73 bits per heavy atom. The highest BCUT2D eigenvalue weighted by Gasteiger charge is 2.50. The number of ether oxygens (including phenoxy) is 1. The molecular weight excluding hydrogens is 583 g/mol. The fourth-order valence-electron chi connectivity index (χ4n) is 8.25. The molecule has 5 heterocycles. The molecule has 45 heavy (non-hydrogen) atoms. The van der Waals surface area contributed by atoms with Crippen LogP contribution in [0.15, 0.2) is 30.5 Å². The highest BCUT2D eigenvalue weighted by atomic mass is 19.1. The summed E-state index contributed by atoms with van der Waals surface area (Å²) in [6.45, 7) is 4.18. The van der Waals surface area contributed by atoms with Crippen molar-refractivity contribution < 1.29 is 28.1 Å². The summed E-state index contributed by atoms with van der Waals surface area (Å²) >= 11 is 0. The average molecular weight is 620 g/mol. The van der Waals surface area contributed by atoms with Crippen molar-refractivity contribution in [3.63, 3.8) is 0 Å². The molecule has 11 heteroatoms. The van der Waals surface area contributed by atoms with Crippen LogP contribution in [0.4, 0.5) is 19.0 Å². The first-order valence-corrected chi connectivity index (χ1v) is 15.9. The van der Waals surface area contributed by atoms with E-state index >= 15 is 4.39 Å². The summed E-state index contributed by atoms with van der Waals surface area (Å²) in [6, 6.07) is 5.80. The molecule has 0 amide bonds. The lowest BCUT2D eigenvalue weighted by atomic mass is 9.92. The van der Waals surface area contributed by atoms with Crippen molar-refractivity contribution in [2.75, 3.05) is 37.7 Å². The van der Waals surface area contributed by atoms with Crippen molar-refractivity contribution in [2.24, 2.45) is 5.41 Å². The van der Waals surface area contributed by atoms with Gasteiger partial charge in [-0.3, -0.25) is 9.88 Å². The quantitative estimate of drug-likeness (QED) is 0.284. The zero-order valence-electron chi connectivity index (χ0n) is 25.2. The lowest BCUT2D eigenvalue weighted by molar-refractivity contribution is 0.107. The van der Waals surface area contributed by atoms with Gasteiger partial charge in [-0.1, -0.05) is 13.0 Å². The summed E-state index contributed by atoms with van der Waals surface area (Å²) in [5, 5.41) is 22.7. The van der Waals surface area contributed by atoms with E-state index in [1.165, 1.54) is 24.4 Å². The highest BCUT2D eigenvalue weighted by molar-refractivity contribution is 6.01. The normalized spacial score (nSPS) is 25.8. The molecule has 2 aromatic carbocycles. The molecule has 236 valence electrons. The van der Waals surface area contributed by atoms with Gasteiger partial charge < -0.3 is 19.8 Å². The number of pyridine rings is 1. The van der Waals surface area contributed by atoms with E-state index in [1.807, 2.05) is 11.8 Å². The molecule has 4 aromatic rings. The number of aliphatic hydroxyl groups is 1. The van der Waals surface area contributed by atoms with E-state index in [1.54, 1.807) is 6.07 Å². The Morgan fingerprint density at radius 1 is 1.09 bits per heavy atom. The molecule has 0 radical (unpaired) electrons. The number of nitrogens with zero attached hydrogens (tertiary/aromatic N) is 5. The van der Waals surface area contributed by atoms with Gasteiger partial charge in [0, 0.05) is 37.8 Å². The van der Waals surface area contributed by atoms with Crippen LogP contribution >= 0.6 is 0 Å². The van der Waals surface area contributed by atoms with E-state index in [-0.39, 0.29) is 40.6 Å². The maximum Gasteiger partial charge on any atom is 0.319 e. The van der Waals surface area contributed by atoms with Gasteiger partial charge in [-0.25, -0.2) is 13.2 Å². The third-order valence-corrected chi connectivity index (χ3v) is 10.5. The monoisotopic (exact) mass is 619 g/mol. The van der Waals surface area contributed by atoms with Crippen molar-refractivity contribution in [3.8, 4) is 23.0 Å². The summed E-state index contributed by atoms with van der Waals surface area (Å²) in [6.07, 6.45) is 5.25. The maximum absolute atomic E-state index is 16.8. The number of halogens is 3. The summed E-state index contributed by atoms with van der Waals surface area (Å²) < 4.78 is 52.4. The van der Waals surface area contributed by atoms with Crippen LogP contribution < -0.4 is 9.64 Å². The molecule has 2 unspecified atom stereocenters. The number of aliphatic hydroxyl groups excluding tert-OH is 1. The molecule has 4 aliphatic rings. The molecule has 3 atom stereocenters. The van der Waals surface area contributed by atoms with E-state index in [0.717, 1.165) is 38.6 Å². The van der Waals surface area contributed by atoms with Crippen molar-refractivity contribution in [3.05, 3.63) is 47.7 Å². The Hall–Kier alpha value is -3.70. The molecule has 1 saturated carbocycles. The van der Waals surface area contributed by atoms with E-state index in [0.29, 0.717) is 60.0 Å². The van der Waals surface area contributed by atoms with Crippen molar-refractivity contribution in [1.82, 2.24) is 19.9 Å². The zero-order valence-corrected chi connectivity index (χ0v) is 25.2. The Labute approximate surface area is 258 Å². The van der Waals surface area contributed by atoms with Crippen molar-refractivity contribution in [2.45, 2.75) is 69.7 Å². The van der Waals surface area contributed by atoms with E-state index in [2.05, 4.69) is 14.9 Å². The van der Waals surface area contributed by atoms with Gasteiger partial charge in [-0.05, 0) is 85.0 Å². The number of hydrogen-bond donors (Lipinski definition) is 2. The van der Waals surface area contributed by atoms with Crippen molar-refractivity contribution >= 4 is 27.5 Å². The van der Waals surface area contributed by atoms with Gasteiger partial charge in [0.15, 0.2) is 5.82 Å². The number of aryl methyl sites for hydroxylation is 1. The summed E-state index contributed by atoms with van der Waals surface area (Å²) in [5.74, 6) is -0.836. The second kappa shape index (κ2) is 10.4. The Kier molecular flexibility index (Phi) is 6.66. The molecule has 3 saturated heterocycles. The summed E-state index contributed by atoms with van der Waals surface area (Å²) in [4.78, 5) is 17.9. The zero-order chi connectivity index (χ0) is 31.1. The second-order valence-corrected chi connectivity index (χ2v) is 13.6. The number of anilines is 1. The first-order valence-electron chi connectivity index (χ1n) is 15.9. The molecule has 2 N–H and O–H groups in total. The van der Waals surface area contributed by atoms with Gasteiger partial charge in [0.1, 0.15) is 41.4 Å². The number of phenolic OH excluding ortho intramolecular Hbond substituents is 1. The van der Waals surface area contributed by atoms with Gasteiger partial charge in [-0.15, -0.1) is 0 Å². The number of fused-ring (bicyclic) bond motifs is 3. The Bertz CT molecular complexity index is 1830. The van der Waals surface area contributed by atoms with Gasteiger partial charge in [0.25, 0.3) is 0 Å². The molecule has 2 aromatic heterocycles. The molecule has 3 aliphatic heterocycles. The highest BCUT2D eigenvalue weighted by Crippen LogP contribution is 2.53. The molecular formula is C34H36F3N5O3. The first kappa shape index (κ1) is 28.8. The smallest absolute Gasteiger partial charge is 0.319 e. The largest absolute Gasteiger partial charge is 0.508 e. The second-order valence-electron chi connectivity index (χ2n) is 13.6. The standard InChI is InChI=1S/C34H36F3N5O3/c1-2-23-26(36)5-4-19-10-21(43)11-24(27(19)23)29-28(37)30-25(14-38-29)31(41-16-22(44)13-33(17-41)7-8-33)40-32(39-30)45-18-34-6-3-9-42(34)15-20(35)12-34/h4-5,10-11,14,20,22,43-44H,2-3,6-9,12-13,15-18H2,1H3/t20-,22?,34?/m1/s1. The number of rotatable bonds is 6. The van der Waals surface area contributed by atoms with Crippen LogP contribution in [-0.4, -0.2) is 80.7 Å². The number of alkyl halides is 1. The average Bonchev–Trinajstić information content (AvgIpc) is 3.50. The van der Waals surface area contributed by atoms with Gasteiger partial charge in [-0.2, -0.15) is 9.97 Å². The predicted molar refractivity (Wildman–Crippen MR) is 164 cm³/mol. The first-order chi connectivity index (χ1) is 21.7. The molecule has 1 aliphatic carbocycles. The van der Waals surface area contributed by atoms with E-state index in [9.17, 15) is 19.0 Å². The third kappa shape index (κ3) is 4.77. The van der Waals surface area contributed by atoms with Crippen molar-refractivity contribution in [1.29, 1.82) is 0 Å². The maximum atomic E-state index is 16.8. The van der Waals surface area contributed by atoms with E-state index in [4.69, 9.17) is 9.72 Å². The molecule has 0 bridgehead atoms. The van der Waals surface area contributed by atoms with Crippen LogP contribution in [0.3, 0.4) is 0 Å². The molecule has 8 nitrogen and oxygen atoms in total. The number of aromatic hydroxyl groups is 1. The fourth-order valence-corrected chi connectivity index (χ4v) is 8.25. The number of piperidine rings is 1. The minimum Gasteiger partial charge on any atom is -0.508 e. The SMILES string of the molecule is CCc1c(F)ccc2cc(O)cc(-c3ncc4c(N5CC(O)CC6(CC6)C5)nc(OCC56CCCN5C[C@H](F)C6)nc4c3F)c12. The Balaban J connectivity index is 1.28. The topological polar surface area (TPSA) is 94.8 Å². The number of phenols is 1. The predicted octanol–water partition coefficient (Wildman–Crippen LogP) is 5.70. The van der Waals surface area contributed by atoms with Gasteiger partial charge in [0.05, 0.1) is 17.0 Å². The van der Waals surface area contributed by atoms with Crippen LogP contribution in [0.25, 0.3) is 32.9 Å². The van der Waals surface area contributed by atoms with E-state index < -0.39 is 29.4 Å². The minimum absolute atomic E-state index is 0.00623. The number of aromatic nitrogens is 3. The summed E-state index contributed by atoms with van der Waals surface area (Å²) in [7, 11) is 0. The van der Waals surface area contributed by atoms with Crippen LogP contribution in [-0.2, 0) is 6.42 Å². The number of benzene rings is 2. The number of β-amino-alcohol motifs (C(OH)–C–C–N with tert-alkyl or cyclic N) is 1. The lowest BCUT2D eigenvalue weighted by Gasteiger charge is -2.37. The molecule has 4 fully saturated rings.